The van der Waals surface area contributed by atoms with Crippen LogP contribution in [-0.2, 0) is 11.3 Å². The molecule has 2 aromatic carbocycles. The minimum absolute atomic E-state index is 0.0503. The molecule has 0 saturated carbocycles. The highest BCUT2D eigenvalue weighted by Crippen LogP contribution is 2.26. The van der Waals surface area contributed by atoms with Gasteiger partial charge in [0.1, 0.15) is 16.8 Å². The summed E-state index contributed by atoms with van der Waals surface area (Å²) >= 11 is 6.17. The van der Waals surface area contributed by atoms with Gasteiger partial charge in [-0.3, -0.25) is 4.79 Å². The van der Waals surface area contributed by atoms with Crippen LogP contribution >= 0.6 is 11.6 Å². The fourth-order valence-electron chi connectivity index (χ4n) is 2.42. The third-order valence-corrected chi connectivity index (χ3v) is 3.91. The van der Waals surface area contributed by atoms with Crippen LogP contribution in [0, 0.1) is 11.6 Å². The summed E-state index contributed by atoms with van der Waals surface area (Å²) in [4.78, 5) is 15.4. The largest absolute Gasteiger partial charge is 0.378 e. The lowest BCUT2D eigenvalue weighted by Crippen LogP contribution is -2.10. The van der Waals surface area contributed by atoms with E-state index in [1.807, 2.05) is 30.3 Å². The molecule has 0 fully saturated rings. The summed E-state index contributed by atoms with van der Waals surface area (Å²) in [6, 6.07) is 11.3. The van der Waals surface area contributed by atoms with Gasteiger partial charge in [-0.1, -0.05) is 29.8 Å². The van der Waals surface area contributed by atoms with E-state index in [0.717, 1.165) is 10.9 Å². The zero-order valence-corrected chi connectivity index (χ0v) is 14.0. The van der Waals surface area contributed by atoms with E-state index >= 15 is 0 Å². The Morgan fingerprint density at radius 1 is 1.12 bits per heavy atom. The van der Waals surface area contributed by atoms with Crippen molar-refractivity contribution in [2.45, 2.75) is 13.5 Å². The van der Waals surface area contributed by atoms with Crippen molar-refractivity contribution >= 4 is 39.8 Å². The van der Waals surface area contributed by atoms with Crippen LogP contribution in [0.4, 0.5) is 20.2 Å². The zero-order valence-electron chi connectivity index (χ0n) is 13.2. The molecule has 128 valence electrons. The van der Waals surface area contributed by atoms with E-state index in [0.29, 0.717) is 16.8 Å². The Bertz CT molecular complexity index is 962. The number of amides is 1. The van der Waals surface area contributed by atoms with Gasteiger partial charge in [0.25, 0.3) is 0 Å². The highest BCUT2D eigenvalue weighted by Gasteiger charge is 2.12. The number of hydrogen-bond donors (Lipinski definition) is 2. The second-order valence-electron chi connectivity index (χ2n) is 5.48. The molecule has 1 heterocycles. The first-order chi connectivity index (χ1) is 11.9. The maximum atomic E-state index is 14.0. The molecule has 7 heteroatoms. The molecule has 0 aliphatic carbocycles. The number of fused-ring (bicyclic) bond motifs is 1. The topological polar surface area (TPSA) is 54.0 Å². The molecule has 0 atom stereocenters. The van der Waals surface area contributed by atoms with Crippen molar-refractivity contribution < 1.29 is 13.6 Å². The second kappa shape index (κ2) is 7.03. The van der Waals surface area contributed by atoms with Crippen LogP contribution in [-0.4, -0.2) is 10.9 Å². The summed E-state index contributed by atoms with van der Waals surface area (Å²) in [7, 11) is 0. The predicted molar refractivity (Wildman–Crippen MR) is 94.7 cm³/mol. The van der Waals surface area contributed by atoms with Crippen molar-refractivity contribution in [2.75, 3.05) is 10.6 Å². The zero-order chi connectivity index (χ0) is 18.0. The lowest BCUT2D eigenvalue weighted by atomic mass is 10.1. The number of carbonyl (C=O) groups excluding carboxylic acids is 1. The number of carbonyl (C=O) groups is 1. The minimum atomic E-state index is -0.844. The van der Waals surface area contributed by atoms with E-state index < -0.39 is 17.5 Å². The quantitative estimate of drug-likeness (QED) is 0.660. The Kier molecular flexibility index (Phi) is 4.81. The minimum Gasteiger partial charge on any atom is -0.378 e. The Labute approximate surface area is 147 Å². The van der Waals surface area contributed by atoms with Gasteiger partial charge in [0.15, 0.2) is 0 Å². The lowest BCUT2D eigenvalue weighted by Gasteiger charge is -2.12. The highest BCUT2D eigenvalue weighted by atomic mass is 35.5. The number of pyridine rings is 1. The van der Waals surface area contributed by atoms with Gasteiger partial charge in [-0.25, -0.2) is 13.8 Å². The fraction of sp³-hybridized carbons (Fsp3) is 0.111. The molecule has 1 amide bonds. The van der Waals surface area contributed by atoms with Crippen molar-refractivity contribution in [2.24, 2.45) is 0 Å². The van der Waals surface area contributed by atoms with Crippen molar-refractivity contribution in [3.63, 3.8) is 0 Å². The van der Waals surface area contributed by atoms with Gasteiger partial charge < -0.3 is 10.6 Å². The number of aromatic nitrogens is 1. The van der Waals surface area contributed by atoms with Crippen LogP contribution in [0.25, 0.3) is 10.9 Å². The van der Waals surface area contributed by atoms with Crippen LogP contribution in [0.1, 0.15) is 12.5 Å². The number of halogens is 3. The SMILES string of the molecule is CC(=O)Nc1cc(NCc2cc3ccccc3nc2Cl)c(F)cc1F. The van der Waals surface area contributed by atoms with Crippen molar-refractivity contribution in [3.05, 3.63) is 64.8 Å². The number of rotatable bonds is 4. The van der Waals surface area contributed by atoms with Crippen LogP contribution in [0.3, 0.4) is 0 Å². The third-order valence-electron chi connectivity index (χ3n) is 3.59. The number of anilines is 2. The average molecular weight is 362 g/mol. The summed E-state index contributed by atoms with van der Waals surface area (Å²) in [5, 5.41) is 6.38. The van der Waals surface area contributed by atoms with Crippen LogP contribution < -0.4 is 10.6 Å². The molecule has 0 radical (unpaired) electrons. The molecule has 4 nitrogen and oxygen atoms in total. The molecule has 0 aliphatic rings. The fourth-order valence-corrected chi connectivity index (χ4v) is 2.63. The standard InChI is InChI=1S/C18H14ClF2N3O/c1-10(25)23-17-8-16(13(20)7-14(17)21)22-9-12-6-11-4-2-3-5-15(11)24-18(12)19/h2-8,22H,9H2,1H3,(H,23,25). The third kappa shape index (κ3) is 3.85. The molecule has 0 unspecified atom stereocenters. The number of para-hydroxylation sites is 1. The van der Waals surface area contributed by atoms with Crippen LogP contribution in [0.5, 0.6) is 0 Å². The van der Waals surface area contributed by atoms with Crippen LogP contribution in [0.2, 0.25) is 5.15 Å². The van der Waals surface area contributed by atoms with Gasteiger partial charge in [0.05, 0.1) is 16.9 Å². The Morgan fingerprint density at radius 2 is 1.84 bits per heavy atom. The van der Waals surface area contributed by atoms with E-state index in [4.69, 9.17) is 11.6 Å². The highest BCUT2D eigenvalue weighted by molar-refractivity contribution is 6.30. The smallest absolute Gasteiger partial charge is 0.221 e. The summed E-state index contributed by atoms with van der Waals surface area (Å²) < 4.78 is 27.6. The lowest BCUT2D eigenvalue weighted by molar-refractivity contribution is -0.114. The molecule has 0 spiro atoms. The second-order valence-corrected chi connectivity index (χ2v) is 5.84. The number of nitrogens with one attached hydrogen (secondary N) is 2. The molecule has 25 heavy (non-hydrogen) atoms. The first-order valence-corrected chi connectivity index (χ1v) is 7.86. The molecule has 3 rings (SSSR count). The van der Waals surface area contributed by atoms with E-state index in [-0.39, 0.29) is 17.9 Å². The van der Waals surface area contributed by atoms with E-state index in [2.05, 4.69) is 15.6 Å². The van der Waals surface area contributed by atoms with Crippen LogP contribution in [0.15, 0.2) is 42.5 Å². The van der Waals surface area contributed by atoms with Gasteiger partial charge in [-0.05, 0) is 18.2 Å². The first kappa shape index (κ1) is 17.1. The molecule has 0 aliphatic heterocycles. The van der Waals surface area contributed by atoms with Crippen molar-refractivity contribution in [3.8, 4) is 0 Å². The molecule has 0 saturated heterocycles. The molecular weight excluding hydrogens is 348 g/mol. The maximum Gasteiger partial charge on any atom is 0.221 e. The molecule has 3 aromatic rings. The van der Waals surface area contributed by atoms with Gasteiger partial charge in [-0.2, -0.15) is 0 Å². The first-order valence-electron chi connectivity index (χ1n) is 7.48. The summed E-state index contributed by atoms with van der Waals surface area (Å²) in [6.07, 6.45) is 0. The molecular formula is C18H14ClF2N3O. The van der Waals surface area contributed by atoms with E-state index in [9.17, 15) is 13.6 Å². The molecule has 1 aromatic heterocycles. The number of benzene rings is 2. The molecule has 0 bridgehead atoms. The van der Waals surface area contributed by atoms with E-state index in [1.54, 1.807) is 0 Å². The van der Waals surface area contributed by atoms with Gasteiger partial charge in [0.2, 0.25) is 5.91 Å². The predicted octanol–water partition coefficient (Wildman–Crippen LogP) is 4.74. The van der Waals surface area contributed by atoms with Gasteiger partial charge in [-0.15, -0.1) is 0 Å². The average Bonchev–Trinajstić information content (AvgIpc) is 2.56. The monoisotopic (exact) mass is 361 g/mol. The van der Waals surface area contributed by atoms with E-state index in [1.165, 1.54) is 13.0 Å². The summed E-state index contributed by atoms with van der Waals surface area (Å²) in [5.74, 6) is -2.06. The Hall–Kier alpha value is -2.73. The van der Waals surface area contributed by atoms with Crippen molar-refractivity contribution in [1.82, 2.24) is 4.98 Å². The molecule has 2 N–H and O–H groups in total. The summed E-state index contributed by atoms with van der Waals surface area (Å²) in [6.45, 7) is 1.44. The normalized spacial score (nSPS) is 10.7. The van der Waals surface area contributed by atoms with Gasteiger partial charge >= 0.3 is 0 Å². The number of nitrogens with zero attached hydrogens (tertiary/aromatic N) is 1. The summed E-state index contributed by atoms with van der Waals surface area (Å²) in [5.41, 5.74) is 1.39. The van der Waals surface area contributed by atoms with Crippen molar-refractivity contribution in [1.29, 1.82) is 0 Å². The number of hydrogen-bond acceptors (Lipinski definition) is 3. The maximum absolute atomic E-state index is 14.0. The Morgan fingerprint density at radius 3 is 2.60 bits per heavy atom. The van der Waals surface area contributed by atoms with Gasteiger partial charge in [0, 0.05) is 30.5 Å². The Balaban J connectivity index is 1.86.